The molecule has 2 rings (SSSR count). The molecule has 0 bridgehead atoms. The fourth-order valence-electron chi connectivity index (χ4n) is 3.11. The molecule has 138 valence electrons. The molecule has 0 spiro atoms. The van der Waals surface area contributed by atoms with Gasteiger partial charge in [-0.3, -0.25) is 0 Å². The number of benzene rings is 1. The number of allylic oxidation sites excluding steroid dienone is 1. The Hall–Kier alpha value is -0.614. The summed E-state index contributed by atoms with van der Waals surface area (Å²) in [6.07, 6.45) is 3.73. The second-order valence-electron chi connectivity index (χ2n) is 6.35. The van der Waals surface area contributed by atoms with E-state index in [0.29, 0.717) is 11.6 Å². The van der Waals surface area contributed by atoms with Gasteiger partial charge >= 0.3 is 51.4 Å². The van der Waals surface area contributed by atoms with Crippen LogP contribution in [0.4, 0.5) is 11.4 Å². The molecule has 1 aliphatic heterocycles. The third kappa shape index (κ3) is 6.52. The van der Waals surface area contributed by atoms with E-state index in [1.165, 1.54) is 5.69 Å². The summed E-state index contributed by atoms with van der Waals surface area (Å²) >= 11 is 0. The van der Waals surface area contributed by atoms with E-state index in [0.717, 1.165) is 44.3 Å². The van der Waals surface area contributed by atoms with Crippen LogP contribution in [0.15, 0.2) is 35.7 Å². The van der Waals surface area contributed by atoms with Crippen molar-refractivity contribution in [1.82, 2.24) is 0 Å². The van der Waals surface area contributed by atoms with Crippen LogP contribution in [0.25, 0.3) is 5.32 Å². The van der Waals surface area contributed by atoms with Gasteiger partial charge in [-0.05, 0) is 55.6 Å². The first-order chi connectivity index (χ1) is 12.1. The van der Waals surface area contributed by atoms with Crippen LogP contribution in [0.3, 0.4) is 0 Å². The van der Waals surface area contributed by atoms with Crippen molar-refractivity contribution in [3.05, 3.63) is 41.0 Å². The van der Waals surface area contributed by atoms with Crippen molar-refractivity contribution in [1.29, 1.82) is 5.41 Å². The summed E-state index contributed by atoms with van der Waals surface area (Å²) in [5.74, 6) is 0.642. The van der Waals surface area contributed by atoms with Gasteiger partial charge in [0.25, 0.3) is 0 Å². The molecule has 1 aromatic rings. The fraction of sp³-hybridized carbons (Fsp3) is 0.500. The number of anilines is 2. The van der Waals surface area contributed by atoms with Gasteiger partial charge in [0.2, 0.25) is 0 Å². The number of nitrogens with zero attached hydrogens (tertiary/aromatic N) is 2. The maximum Gasteiger partial charge on any atom is 1.00 e. The zero-order valence-electron chi connectivity index (χ0n) is 15.8. The van der Waals surface area contributed by atoms with Crippen LogP contribution in [0, 0.1) is 11.3 Å². The summed E-state index contributed by atoms with van der Waals surface area (Å²) in [4.78, 5) is 2.38. The largest absolute Gasteiger partial charge is 1.00 e. The smallest absolute Gasteiger partial charge is 0.640 e. The van der Waals surface area contributed by atoms with Crippen molar-refractivity contribution in [3.8, 4) is 0 Å². The zero-order valence-corrected chi connectivity index (χ0v) is 18.9. The van der Waals surface area contributed by atoms with Gasteiger partial charge in [-0.1, -0.05) is 0 Å². The first-order valence-electron chi connectivity index (χ1n) is 8.66. The summed E-state index contributed by atoms with van der Waals surface area (Å²) in [7, 11) is 1.66. The van der Waals surface area contributed by atoms with E-state index < -0.39 is 6.17 Å². The normalized spacial score (nSPS) is 17.1. The average molecular weight is 385 g/mol. The Morgan fingerprint density at radius 2 is 1.96 bits per heavy atom. The number of nitrogens with one attached hydrogen (secondary N) is 2. The number of piperidine rings is 1. The molecule has 26 heavy (non-hydrogen) atoms. The van der Waals surface area contributed by atoms with E-state index in [1.807, 2.05) is 12.1 Å². The van der Waals surface area contributed by atoms with Crippen molar-refractivity contribution >= 4 is 17.6 Å². The molecule has 1 heterocycles. The first-order valence-corrected chi connectivity index (χ1v) is 8.66. The molecule has 0 aliphatic carbocycles. The Bertz CT molecular complexity index is 584. The third-order valence-corrected chi connectivity index (χ3v) is 4.73. The van der Waals surface area contributed by atoms with Crippen LogP contribution in [-0.4, -0.2) is 44.2 Å². The molecule has 8 heteroatoms. The molecule has 0 aromatic heterocycles. The van der Waals surface area contributed by atoms with Crippen LogP contribution in [-0.2, 0) is 0 Å². The number of rotatable bonds is 8. The number of likely N-dealkylation sites (N-methyl/N-ethyl adjacent to an activating group) is 1. The van der Waals surface area contributed by atoms with Crippen molar-refractivity contribution in [3.63, 3.8) is 0 Å². The summed E-state index contributed by atoms with van der Waals surface area (Å²) in [5, 5.41) is 23.6. The summed E-state index contributed by atoms with van der Waals surface area (Å²) in [6.45, 7) is 2.33. The summed E-state index contributed by atoms with van der Waals surface area (Å²) in [5.41, 5.74) is 14.3. The monoisotopic (exact) mass is 384 g/mol. The number of aliphatic hydroxyl groups excluding tert-OH is 1. The maximum atomic E-state index is 9.05. The molecule has 1 fully saturated rings. The van der Waals surface area contributed by atoms with Gasteiger partial charge in [0, 0.05) is 43.0 Å². The quantitative estimate of drug-likeness (QED) is 0.285. The van der Waals surface area contributed by atoms with Gasteiger partial charge < -0.3 is 37.5 Å². The molecule has 0 saturated carbocycles. The standard InChI is InChI=1S/C18H29N6O.K/c1-22-18(17(21)16(20)12-19)23-14-2-4-15(5-3-14)24-9-6-13(7-10-24)8-11-25;/h2-5,12-13,18-19,23,25H,6-11,20-21H2,1H3;/q-1;+1/b17-16+,19-12?;. The van der Waals surface area contributed by atoms with E-state index in [9.17, 15) is 0 Å². The topological polar surface area (TPSA) is 125 Å². The number of hydrogen-bond acceptors (Lipinski definition) is 6. The molecular weight excluding hydrogens is 355 g/mol. The van der Waals surface area contributed by atoms with Crippen molar-refractivity contribution in [2.45, 2.75) is 25.4 Å². The van der Waals surface area contributed by atoms with Gasteiger partial charge in [0.05, 0.1) is 5.70 Å². The molecule has 1 atom stereocenters. The Labute approximate surface area is 198 Å². The van der Waals surface area contributed by atoms with Gasteiger partial charge in [-0.25, -0.2) is 0 Å². The molecule has 1 aliphatic rings. The Morgan fingerprint density at radius 3 is 2.46 bits per heavy atom. The van der Waals surface area contributed by atoms with Crippen LogP contribution in [0.1, 0.15) is 19.3 Å². The van der Waals surface area contributed by atoms with E-state index in [4.69, 9.17) is 22.0 Å². The molecule has 0 radical (unpaired) electrons. The molecular formula is C18H29KN6O. The first kappa shape index (κ1) is 23.4. The predicted octanol–water partition coefficient (Wildman–Crippen LogP) is -1.19. The Kier molecular flexibility index (Phi) is 10.8. The van der Waals surface area contributed by atoms with Crippen LogP contribution >= 0.6 is 0 Å². The van der Waals surface area contributed by atoms with E-state index >= 15 is 0 Å². The second-order valence-corrected chi connectivity index (χ2v) is 6.35. The third-order valence-electron chi connectivity index (χ3n) is 4.73. The molecule has 1 aromatic carbocycles. The Balaban J connectivity index is 0.00000338. The van der Waals surface area contributed by atoms with E-state index in [1.54, 1.807) is 7.05 Å². The fourth-order valence-corrected chi connectivity index (χ4v) is 3.11. The van der Waals surface area contributed by atoms with Gasteiger partial charge in [-0.15, -0.1) is 0 Å². The minimum atomic E-state index is -0.457. The van der Waals surface area contributed by atoms with Crippen molar-refractivity contribution in [2.24, 2.45) is 17.4 Å². The van der Waals surface area contributed by atoms with Crippen LogP contribution in [0.2, 0.25) is 0 Å². The maximum absolute atomic E-state index is 9.05. The zero-order chi connectivity index (χ0) is 18.2. The van der Waals surface area contributed by atoms with Gasteiger partial charge in [0.15, 0.2) is 0 Å². The number of hydrogen-bond donors (Lipinski definition) is 5. The number of nitrogens with two attached hydrogens (primary N) is 2. The minimum Gasteiger partial charge on any atom is -0.640 e. The average Bonchev–Trinajstić information content (AvgIpc) is 2.66. The van der Waals surface area contributed by atoms with Crippen molar-refractivity contribution < 1.29 is 56.5 Å². The second kappa shape index (κ2) is 12.0. The molecule has 7 N–H and O–H groups in total. The van der Waals surface area contributed by atoms with E-state index in [-0.39, 0.29) is 63.7 Å². The van der Waals surface area contributed by atoms with Gasteiger partial charge in [0.1, 0.15) is 0 Å². The van der Waals surface area contributed by atoms with Crippen molar-refractivity contribution in [2.75, 3.05) is 37.0 Å². The summed E-state index contributed by atoms with van der Waals surface area (Å²) < 4.78 is 0. The molecule has 1 saturated heterocycles. The summed E-state index contributed by atoms with van der Waals surface area (Å²) in [6, 6.07) is 8.17. The molecule has 7 nitrogen and oxygen atoms in total. The predicted molar refractivity (Wildman–Crippen MR) is 104 cm³/mol. The SMILES string of the molecule is C[N-]C(Nc1ccc(N2CCC(CCO)CC2)cc1)/C(N)=C(\N)C=N.[K+]. The van der Waals surface area contributed by atoms with Gasteiger partial charge in [-0.2, -0.15) is 7.05 Å². The minimum absolute atomic E-state index is 0. The molecule has 0 amide bonds. The number of aliphatic hydroxyl groups is 1. The van der Waals surface area contributed by atoms with E-state index in [2.05, 4.69) is 27.7 Å². The Morgan fingerprint density at radius 1 is 1.35 bits per heavy atom. The van der Waals surface area contributed by atoms with Crippen LogP contribution < -0.4 is 73.1 Å². The molecule has 1 unspecified atom stereocenters. The van der Waals surface area contributed by atoms with Crippen LogP contribution in [0.5, 0.6) is 0 Å².